The van der Waals surface area contributed by atoms with E-state index in [2.05, 4.69) is 24.3 Å². The molecule has 2 rings (SSSR count). The van der Waals surface area contributed by atoms with Crippen LogP contribution in [0.2, 0.25) is 0 Å². The summed E-state index contributed by atoms with van der Waals surface area (Å²) in [6.07, 6.45) is 31.9. The number of unbranched alkanes of at least 4 members (excludes halogenated alkanes) is 20. The first-order chi connectivity index (χ1) is 31.2. The average molecular weight is 1030 g/mol. The summed E-state index contributed by atoms with van der Waals surface area (Å²) in [5.74, 6) is -2.27. The van der Waals surface area contributed by atoms with Crippen molar-refractivity contribution in [3.05, 3.63) is 71.8 Å². The smallest absolute Gasteiger partial charge is 0.550 e. The summed E-state index contributed by atoms with van der Waals surface area (Å²) >= 11 is 0. The first kappa shape index (κ1) is 62.8. The predicted octanol–water partition coefficient (Wildman–Crippen LogP) is 11.1. The molecule has 2 unspecified atom stereocenters. The van der Waals surface area contributed by atoms with Gasteiger partial charge >= 0.3 is 60.8 Å². The molecule has 0 aliphatic heterocycles. The Hall–Kier alpha value is -2.19. The fraction of sp³-hybridized carbons (Fsp3) is 0.704. The molecule has 10 nitrogen and oxygen atoms in total. The number of carbonyl (C=O) groups excluding carboxylic acids is 4. The van der Waals surface area contributed by atoms with Crippen LogP contribution in [-0.2, 0) is 51.3 Å². The fourth-order valence-electron chi connectivity index (χ4n) is 7.69. The van der Waals surface area contributed by atoms with Gasteiger partial charge in [-0.3, -0.25) is 9.59 Å². The number of esters is 2. The van der Waals surface area contributed by atoms with Crippen molar-refractivity contribution >= 4 is 72.8 Å². The number of carboxylic acids is 2. The Morgan fingerprint density at radius 3 is 0.938 bits per heavy atom. The largest absolute Gasteiger partial charge is 2.00 e. The Morgan fingerprint density at radius 2 is 0.662 bits per heavy atom. The Morgan fingerprint density at radius 1 is 0.400 bits per heavy atom. The molecule has 0 spiro atoms. The second-order valence-corrected chi connectivity index (χ2v) is 17.4. The SMILES string of the molecule is CC(=O)OCCCCCC(CCCCCCCCCCCC(=O)[O-])OCc1ccccc1.CC(=O)OCCCCCC(CCCCCCCCCCCC(=O)[O-])OCc1ccccc1.[Ba+2]. The van der Waals surface area contributed by atoms with E-state index in [0.29, 0.717) is 26.4 Å². The number of carbonyl (C=O) groups is 4. The summed E-state index contributed by atoms with van der Waals surface area (Å²) in [7, 11) is 0. The minimum absolute atomic E-state index is 0. The van der Waals surface area contributed by atoms with Gasteiger partial charge in [-0.2, -0.15) is 0 Å². The van der Waals surface area contributed by atoms with Gasteiger partial charge in [0, 0.05) is 25.8 Å². The Balaban J connectivity index is 0.00000124. The fourth-order valence-corrected chi connectivity index (χ4v) is 7.69. The quantitative estimate of drug-likeness (QED) is 0.0357. The predicted molar refractivity (Wildman–Crippen MR) is 258 cm³/mol. The molecule has 0 saturated carbocycles. The molecule has 0 bridgehead atoms. The van der Waals surface area contributed by atoms with Crippen molar-refractivity contribution < 1.29 is 48.3 Å². The normalized spacial score (nSPS) is 11.7. The second kappa shape index (κ2) is 46.9. The molecule has 0 aromatic heterocycles. The second-order valence-electron chi connectivity index (χ2n) is 17.4. The number of ether oxygens (including phenoxy) is 4. The molecule has 2 atom stereocenters. The van der Waals surface area contributed by atoms with E-state index in [4.69, 9.17) is 18.9 Å². The molecular formula is C54H86BaO10. The zero-order valence-electron chi connectivity index (χ0n) is 40.8. The van der Waals surface area contributed by atoms with Crippen molar-refractivity contribution in [3.63, 3.8) is 0 Å². The molecule has 65 heavy (non-hydrogen) atoms. The summed E-state index contributed by atoms with van der Waals surface area (Å²) in [5, 5.41) is 20.8. The van der Waals surface area contributed by atoms with Gasteiger partial charge in [-0.15, -0.1) is 0 Å². The van der Waals surface area contributed by atoms with Gasteiger partial charge in [0.1, 0.15) is 0 Å². The van der Waals surface area contributed by atoms with E-state index in [1.54, 1.807) is 0 Å². The molecule has 0 amide bonds. The zero-order valence-corrected chi connectivity index (χ0v) is 45.2. The van der Waals surface area contributed by atoms with Crippen LogP contribution in [0.25, 0.3) is 0 Å². The maximum atomic E-state index is 10.8. The molecule has 2 aromatic carbocycles. The van der Waals surface area contributed by atoms with Crippen LogP contribution in [0.1, 0.15) is 218 Å². The molecule has 0 heterocycles. The van der Waals surface area contributed by atoms with Crippen molar-refractivity contribution in [2.45, 2.75) is 232 Å². The Kier molecular flexibility index (Phi) is 45.3. The van der Waals surface area contributed by atoms with E-state index in [-0.39, 0.29) is 85.9 Å². The molecule has 0 saturated heterocycles. The van der Waals surface area contributed by atoms with Crippen LogP contribution in [0.4, 0.5) is 0 Å². The molecule has 0 fully saturated rings. The van der Waals surface area contributed by atoms with E-state index >= 15 is 0 Å². The summed E-state index contributed by atoms with van der Waals surface area (Å²) in [4.78, 5) is 42.4. The summed E-state index contributed by atoms with van der Waals surface area (Å²) in [5.41, 5.74) is 2.43. The van der Waals surface area contributed by atoms with E-state index in [1.165, 1.54) is 102 Å². The Labute approximate surface area is 434 Å². The van der Waals surface area contributed by atoms with E-state index in [0.717, 1.165) is 103 Å². The molecule has 364 valence electrons. The van der Waals surface area contributed by atoms with Crippen LogP contribution >= 0.6 is 0 Å². The average Bonchev–Trinajstić information content (AvgIpc) is 3.27. The molecule has 2 aromatic rings. The van der Waals surface area contributed by atoms with Gasteiger partial charge in [0.25, 0.3) is 0 Å². The molecule has 11 heteroatoms. The number of hydrogen-bond acceptors (Lipinski definition) is 10. The van der Waals surface area contributed by atoms with Crippen LogP contribution in [-0.4, -0.2) is 98.2 Å². The van der Waals surface area contributed by atoms with Crippen molar-refractivity contribution in [1.29, 1.82) is 0 Å². The minimum atomic E-state index is -0.932. The van der Waals surface area contributed by atoms with Gasteiger partial charge in [0.05, 0.1) is 38.6 Å². The van der Waals surface area contributed by atoms with Gasteiger partial charge in [-0.25, -0.2) is 0 Å². The third-order valence-corrected chi connectivity index (χ3v) is 11.4. The molecule has 0 aliphatic rings. The number of carboxylic acid groups (broad SMARTS) is 2. The molecule has 0 N–H and O–H groups in total. The number of hydrogen-bond donors (Lipinski definition) is 0. The van der Waals surface area contributed by atoms with Gasteiger partial charge in [0.15, 0.2) is 0 Å². The maximum absolute atomic E-state index is 10.8. The Bertz CT molecular complexity index is 1290. The summed E-state index contributed by atoms with van der Waals surface area (Å²) in [6, 6.07) is 20.7. The molecular weight excluding hydrogens is 946 g/mol. The number of aliphatic carboxylic acids is 2. The third-order valence-electron chi connectivity index (χ3n) is 11.4. The number of benzene rings is 2. The zero-order chi connectivity index (χ0) is 46.6. The van der Waals surface area contributed by atoms with E-state index < -0.39 is 11.9 Å². The van der Waals surface area contributed by atoms with Crippen molar-refractivity contribution in [2.24, 2.45) is 0 Å². The molecule has 0 aliphatic carbocycles. The van der Waals surface area contributed by atoms with Gasteiger partial charge in [-0.05, 0) is 88.2 Å². The van der Waals surface area contributed by atoms with Crippen molar-refractivity contribution in [3.8, 4) is 0 Å². The summed E-state index contributed by atoms with van der Waals surface area (Å²) < 4.78 is 22.5. The van der Waals surface area contributed by atoms with E-state index in [9.17, 15) is 29.4 Å². The minimum Gasteiger partial charge on any atom is -0.550 e. The maximum Gasteiger partial charge on any atom is 2.00 e. The van der Waals surface area contributed by atoms with Crippen LogP contribution in [0.3, 0.4) is 0 Å². The van der Waals surface area contributed by atoms with Gasteiger partial charge in [0.2, 0.25) is 0 Å². The van der Waals surface area contributed by atoms with Crippen LogP contribution in [0.15, 0.2) is 60.7 Å². The first-order valence-electron chi connectivity index (χ1n) is 25.1. The first-order valence-corrected chi connectivity index (χ1v) is 25.1. The van der Waals surface area contributed by atoms with Crippen molar-refractivity contribution in [1.82, 2.24) is 0 Å². The van der Waals surface area contributed by atoms with Gasteiger partial charge < -0.3 is 38.7 Å². The number of rotatable bonds is 42. The van der Waals surface area contributed by atoms with Crippen LogP contribution < -0.4 is 10.2 Å². The van der Waals surface area contributed by atoms with E-state index in [1.807, 2.05) is 36.4 Å². The van der Waals surface area contributed by atoms with Crippen molar-refractivity contribution in [2.75, 3.05) is 13.2 Å². The standard InChI is InChI=1S/2C27H44O5.Ba/c2*1-24(28)31-22-16-10-14-20-26(32-23-25-17-11-9-12-18-25)19-13-7-5-3-2-4-6-8-15-21-27(29)30;/h2*9,11-12,17-18,26H,2-8,10,13-16,19-23H2,1H3,(H,29,30);/q;;+2/p-2. The third kappa shape index (κ3) is 45.4. The summed E-state index contributed by atoms with van der Waals surface area (Å²) in [6.45, 7) is 5.26. The van der Waals surface area contributed by atoms with Crippen LogP contribution in [0, 0.1) is 0 Å². The van der Waals surface area contributed by atoms with Gasteiger partial charge in [-0.1, -0.05) is 176 Å². The molecule has 0 radical (unpaired) electrons. The van der Waals surface area contributed by atoms with Crippen LogP contribution in [0.5, 0.6) is 0 Å². The topological polar surface area (TPSA) is 151 Å². The monoisotopic (exact) mass is 1030 g/mol.